The number of hydrogen-bond acceptors (Lipinski definition) is 2. The van der Waals surface area contributed by atoms with E-state index in [1.54, 1.807) is 6.07 Å². The molecule has 1 heterocycles. The van der Waals surface area contributed by atoms with Crippen LogP contribution in [0.25, 0.3) is 0 Å². The number of carbonyl (C=O) groups excluding carboxylic acids is 1. The third kappa shape index (κ3) is 2.98. The zero-order valence-electron chi connectivity index (χ0n) is 11.1. The molecule has 1 atom stereocenters. The first-order chi connectivity index (χ1) is 10.0. The molecule has 0 aromatic heterocycles. The van der Waals surface area contributed by atoms with Crippen LogP contribution >= 0.6 is 27.5 Å². The number of benzene rings is 2. The fourth-order valence-corrected chi connectivity index (χ4v) is 2.88. The second-order valence-corrected chi connectivity index (χ2v) is 6.30. The Morgan fingerprint density at radius 3 is 2.62 bits per heavy atom. The Morgan fingerprint density at radius 2 is 1.86 bits per heavy atom. The molecular weight excluding hydrogens is 354 g/mol. The Morgan fingerprint density at radius 1 is 1.14 bits per heavy atom. The average Bonchev–Trinajstić information content (AvgIpc) is 2.49. The monoisotopic (exact) mass is 365 g/mol. The van der Waals surface area contributed by atoms with Crippen LogP contribution in [0.5, 0.6) is 0 Å². The molecule has 0 bridgehead atoms. The van der Waals surface area contributed by atoms with Gasteiger partial charge in [0.1, 0.15) is 6.10 Å². The third-order valence-electron chi connectivity index (χ3n) is 3.60. The summed E-state index contributed by atoms with van der Waals surface area (Å²) < 4.78 is 0.799. The van der Waals surface area contributed by atoms with E-state index in [0.29, 0.717) is 17.9 Å². The predicted octanol–water partition coefficient (Wildman–Crippen LogP) is 4.07. The molecule has 1 aliphatic heterocycles. The first kappa shape index (κ1) is 14.6. The first-order valence-electron chi connectivity index (χ1n) is 6.60. The van der Waals surface area contributed by atoms with Gasteiger partial charge in [-0.25, -0.2) is 0 Å². The van der Waals surface area contributed by atoms with E-state index in [9.17, 15) is 9.90 Å². The summed E-state index contributed by atoms with van der Waals surface area (Å²) in [6.07, 6.45) is 0.443. The molecule has 0 saturated heterocycles. The summed E-state index contributed by atoms with van der Waals surface area (Å²) >= 11 is 9.41. The molecule has 0 aliphatic carbocycles. The highest BCUT2D eigenvalue weighted by atomic mass is 79.9. The molecule has 0 saturated carbocycles. The van der Waals surface area contributed by atoms with Gasteiger partial charge in [-0.2, -0.15) is 0 Å². The molecule has 21 heavy (non-hydrogen) atoms. The quantitative estimate of drug-likeness (QED) is 0.842. The minimum absolute atomic E-state index is 0.0375. The molecule has 108 valence electrons. The molecule has 2 aromatic rings. The number of anilines is 1. The van der Waals surface area contributed by atoms with Crippen molar-refractivity contribution in [3.63, 3.8) is 0 Å². The van der Waals surface area contributed by atoms with Gasteiger partial charge in [0.2, 0.25) is 5.91 Å². The fourth-order valence-electron chi connectivity index (χ4n) is 2.45. The number of aliphatic hydroxyl groups is 1. The summed E-state index contributed by atoms with van der Waals surface area (Å²) in [6, 6.07) is 11.0. The molecule has 0 fully saturated rings. The van der Waals surface area contributed by atoms with E-state index in [2.05, 4.69) is 21.2 Å². The normalized spacial score (nSPS) is 15.3. The summed E-state index contributed by atoms with van der Waals surface area (Å²) in [5, 5.41) is 13.9. The van der Waals surface area contributed by atoms with Gasteiger partial charge in [0.25, 0.3) is 0 Å². The van der Waals surface area contributed by atoms with E-state index in [1.165, 1.54) is 0 Å². The summed E-state index contributed by atoms with van der Waals surface area (Å²) in [5.41, 5.74) is 3.41. The second-order valence-electron chi connectivity index (χ2n) is 5.04. The number of nitrogens with one attached hydrogen (secondary N) is 1. The van der Waals surface area contributed by atoms with E-state index < -0.39 is 6.10 Å². The number of halogens is 2. The van der Waals surface area contributed by atoms with Gasteiger partial charge < -0.3 is 10.4 Å². The molecule has 3 rings (SSSR count). The maximum absolute atomic E-state index is 11.4. The SMILES string of the molecule is O=C1CCc2cc(C(O)c3ccc(Br)c(Cl)c3)ccc2N1. The van der Waals surface area contributed by atoms with Gasteiger partial charge in [-0.1, -0.05) is 29.8 Å². The lowest BCUT2D eigenvalue weighted by Crippen LogP contribution is -2.19. The van der Waals surface area contributed by atoms with Crippen LogP contribution in [-0.4, -0.2) is 11.0 Å². The van der Waals surface area contributed by atoms with Crippen LogP contribution in [-0.2, 0) is 11.2 Å². The maximum atomic E-state index is 11.4. The molecule has 1 amide bonds. The van der Waals surface area contributed by atoms with E-state index in [0.717, 1.165) is 26.9 Å². The molecule has 1 unspecified atom stereocenters. The molecule has 0 spiro atoms. The van der Waals surface area contributed by atoms with Crippen LogP contribution < -0.4 is 5.32 Å². The molecule has 2 N–H and O–H groups in total. The summed E-state index contributed by atoms with van der Waals surface area (Å²) in [4.78, 5) is 11.4. The van der Waals surface area contributed by atoms with Gasteiger partial charge in [-0.05, 0) is 57.2 Å². The zero-order chi connectivity index (χ0) is 15.0. The summed E-state index contributed by atoms with van der Waals surface area (Å²) in [5.74, 6) is 0.0375. The molecule has 5 heteroatoms. The molecular formula is C16H13BrClNO2. The van der Waals surface area contributed by atoms with E-state index >= 15 is 0 Å². The minimum Gasteiger partial charge on any atom is -0.384 e. The van der Waals surface area contributed by atoms with Gasteiger partial charge in [-0.15, -0.1) is 0 Å². The number of rotatable bonds is 2. The van der Waals surface area contributed by atoms with Crippen molar-refractivity contribution < 1.29 is 9.90 Å². The number of carbonyl (C=O) groups is 1. The van der Waals surface area contributed by atoms with Crippen molar-refractivity contribution in [3.8, 4) is 0 Å². The highest BCUT2D eigenvalue weighted by molar-refractivity contribution is 9.10. The topological polar surface area (TPSA) is 49.3 Å². The largest absolute Gasteiger partial charge is 0.384 e. The minimum atomic E-state index is -0.737. The van der Waals surface area contributed by atoms with Crippen molar-refractivity contribution in [2.24, 2.45) is 0 Å². The van der Waals surface area contributed by atoms with Gasteiger partial charge in [0, 0.05) is 16.6 Å². The van der Waals surface area contributed by atoms with Crippen molar-refractivity contribution in [2.75, 3.05) is 5.32 Å². The van der Waals surface area contributed by atoms with Crippen molar-refractivity contribution in [2.45, 2.75) is 18.9 Å². The van der Waals surface area contributed by atoms with Crippen molar-refractivity contribution in [1.82, 2.24) is 0 Å². The Kier molecular flexibility index (Phi) is 4.02. The summed E-state index contributed by atoms with van der Waals surface area (Å²) in [7, 11) is 0. The van der Waals surface area contributed by atoms with Gasteiger partial charge >= 0.3 is 0 Å². The van der Waals surface area contributed by atoms with Gasteiger partial charge in [0.15, 0.2) is 0 Å². The van der Waals surface area contributed by atoms with Crippen molar-refractivity contribution in [1.29, 1.82) is 0 Å². The lowest BCUT2D eigenvalue weighted by atomic mass is 9.95. The van der Waals surface area contributed by atoms with Crippen LogP contribution in [0.1, 0.15) is 29.2 Å². The van der Waals surface area contributed by atoms with Crippen molar-refractivity contribution in [3.05, 3.63) is 62.6 Å². The second kappa shape index (κ2) is 5.79. The van der Waals surface area contributed by atoms with E-state index in [4.69, 9.17) is 11.6 Å². The molecule has 1 aliphatic rings. The number of aryl methyl sites for hydroxylation is 1. The van der Waals surface area contributed by atoms with Crippen LogP contribution in [0.2, 0.25) is 5.02 Å². The highest BCUT2D eigenvalue weighted by Crippen LogP contribution is 2.31. The number of aliphatic hydroxyl groups excluding tert-OH is 1. The molecule has 3 nitrogen and oxygen atoms in total. The standard InChI is InChI=1S/C16H13BrClNO2/c17-12-4-1-11(8-13(12)18)16(21)10-2-5-14-9(7-10)3-6-15(20)19-14/h1-2,4-5,7-8,16,21H,3,6H2,(H,19,20). The van der Waals surface area contributed by atoms with Crippen LogP contribution in [0.3, 0.4) is 0 Å². The number of fused-ring (bicyclic) bond motifs is 1. The Hall–Kier alpha value is -1.36. The predicted molar refractivity (Wildman–Crippen MR) is 86.6 cm³/mol. The van der Waals surface area contributed by atoms with Crippen LogP contribution in [0.15, 0.2) is 40.9 Å². The van der Waals surface area contributed by atoms with E-state index in [1.807, 2.05) is 30.3 Å². The van der Waals surface area contributed by atoms with Gasteiger partial charge in [0.05, 0.1) is 5.02 Å². The highest BCUT2D eigenvalue weighted by Gasteiger charge is 2.18. The van der Waals surface area contributed by atoms with Gasteiger partial charge in [-0.3, -0.25) is 4.79 Å². The summed E-state index contributed by atoms with van der Waals surface area (Å²) in [6.45, 7) is 0. The van der Waals surface area contributed by atoms with E-state index in [-0.39, 0.29) is 5.91 Å². The first-order valence-corrected chi connectivity index (χ1v) is 7.77. The molecule has 0 radical (unpaired) electrons. The smallest absolute Gasteiger partial charge is 0.224 e. The Bertz CT molecular complexity index is 717. The molecule has 2 aromatic carbocycles. The third-order valence-corrected chi connectivity index (χ3v) is 4.83. The Labute approximate surface area is 136 Å². The Balaban J connectivity index is 1.93. The van der Waals surface area contributed by atoms with Crippen LogP contribution in [0, 0.1) is 0 Å². The van der Waals surface area contributed by atoms with Crippen LogP contribution in [0.4, 0.5) is 5.69 Å². The number of amides is 1. The lowest BCUT2D eigenvalue weighted by Gasteiger charge is -2.19. The average molecular weight is 367 g/mol. The maximum Gasteiger partial charge on any atom is 0.224 e. The zero-order valence-corrected chi connectivity index (χ0v) is 13.4. The van der Waals surface area contributed by atoms with Crippen molar-refractivity contribution >= 4 is 39.1 Å². The number of hydrogen-bond donors (Lipinski definition) is 2. The fraction of sp³-hybridized carbons (Fsp3) is 0.188. The lowest BCUT2D eigenvalue weighted by molar-refractivity contribution is -0.116.